The summed E-state index contributed by atoms with van der Waals surface area (Å²) < 4.78 is 10.6. The fourth-order valence-electron chi connectivity index (χ4n) is 3.43. The number of imidazole rings is 1. The molecule has 0 saturated heterocycles. The molecule has 0 radical (unpaired) electrons. The summed E-state index contributed by atoms with van der Waals surface area (Å²) >= 11 is 0. The first kappa shape index (κ1) is 22.1. The van der Waals surface area contributed by atoms with E-state index in [1.807, 2.05) is 56.3 Å². The van der Waals surface area contributed by atoms with Gasteiger partial charge in [-0.2, -0.15) is 0 Å². The fraction of sp³-hybridized carbons (Fsp3) is 0.192. The summed E-state index contributed by atoms with van der Waals surface area (Å²) in [6, 6.07) is 18.2. The molecule has 1 heterocycles. The summed E-state index contributed by atoms with van der Waals surface area (Å²) in [6.07, 6.45) is -0.954. The molecule has 3 aromatic carbocycles. The number of amides is 1. The first-order chi connectivity index (χ1) is 15.9. The van der Waals surface area contributed by atoms with Gasteiger partial charge in [0.25, 0.3) is 5.91 Å². The Bertz CT molecular complexity index is 1330. The van der Waals surface area contributed by atoms with Gasteiger partial charge in [-0.15, -0.1) is 0 Å². The quantitative estimate of drug-likeness (QED) is 0.407. The number of carbonyl (C=O) groups excluding carboxylic acids is 2. The molecule has 4 rings (SSSR count). The van der Waals surface area contributed by atoms with Crippen molar-refractivity contribution in [2.24, 2.45) is 0 Å². The van der Waals surface area contributed by atoms with Crippen LogP contribution in [-0.4, -0.2) is 35.1 Å². The molecule has 7 nitrogen and oxygen atoms in total. The maximum Gasteiger partial charge on any atom is 0.338 e. The lowest BCUT2D eigenvalue weighted by atomic mass is 10.1. The van der Waals surface area contributed by atoms with Crippen molar-refractivity contribution < 1.29 is 19.1 Å². The van der Waals surface area contributed by atoms with Gasteiger partial charge in [-0.1, -0.05) is 12.1 Å². The van der Waals surface area contributed by atoms with Crippen LogP contribution in [0, 0.1) is 13.8 Å². The predicted molar refractivity (Wildman–Crippen MR) is 128 cm³/mol. The highest BCUT2D eigenvalue weighted by Crippen LogP contribution is 2.24. The number of benzene rings is 3. The Labute approximate surface area is 191 Å². The van der Waals surface area contributed by atoms with Crippen molar-refractivity contribution in [3.8, 4) is 17.1 Å². The van der Waals surface area contributed by atoms with Gasteiger partial charge in [0.15, 0.2) is 6.10 Å². The number of hydrogen-bond acceptors (Lipinski definition) is 5. The van der Waals surface area contributed by atoms with Gasteiger partial charge < -0.3 is 19.8 Å². The maximum atomic E-state index is 12.7. The van der Waals surface area contributed by atoms with E-state index in [-0.39, 0.29) is 5.91 Å². The predicted octanol–water partition coefficient (Wildman–Crippen LogP) is 5.04. The van der Waals surface area contributed by atoms with E-state index in [4.69, 9.17) is 9.47 Å². The lowest BCUT2D eigenvalue weighted by Crippen LogP contribution is -2.30. The third kappa shape index (κ3) is 4.72. The SMILES string of the molecule is COc1ccc(-c2nc3ccc(C(=O)OC(C)C(=O)Nc4cccc(C)c4C)cc3[nH]2)cc1. The Morgan fingerprint density at radius 3 is 2.52 bits per heavy atom. The number of esters is 1. The van der Waals surface area contributed by atoms with Crippen LogP contribution in [0.25, 0.3) is 22.4 Å². The number of aryl methyl sites for hydroxylation is 1. The van der Waals surface area contributed by atoms with Crippen LogP contribution in [0.5, 0.6) is 5.75 Å². The number of methoxy groups -OCH3 is 1. The minimum Gasteiger partial charge on any atom is -0.497 e. The minimum atomic E-state index is -0.954. The molecule has 0 spiro atoms. The van der Waals surface area contributed by atoms with Crippen molar-refractivity contribution >= 4 is 28.6 Å². The van der Waals surface area contributed by atoms with Gasteiger partial charge in [-0.25, -0.2) is 9.78 Å². The lowest BCUT2D eigenvalue weighted by molar-refractivity contribution is -0.123. The Hall–Kier alpha value is -4.13. The number of fused-ring (bicyclic) bond motifs is 1. The highest BCUT2D eigenvalue weighted by molar-refractivity contribution is 5.99. The minimum absolute atomic E-state index is 0.332. The van der Waals surface area contributed by atoms with Gasteiger partial charge in [-0.05, 0) is 80.4 Å². The number of carbonyl (C=O) groups is 2. The molecule has 1 aromatic heterocycles. The summed E-state index contributed by atoms with van der Waals surface area (Å²) in [6.45, 7) is 5.45. The zero-order valence-electron chi connectivity index (χ0n) is 18.9. The molecule has 0 bridgehead atoms. The van der Waals surface area contributed by atoms with E-state index in [0.717, 1.165) is 28.0 Å². The maximum absolute atomic E-state index is 12.7. The van der Waals surface area contributed by atoms with E-state index < -0.39 is 12.1 Å². The monoisotopic (exact) mass is 443 g/mol. The highest BCUT2D eigenvalue weighted by Gasteiger charge is 2.20. The van der Waals surface area contributed by atoms with Crippen LogP contribution >= 0.6 is 0 Å². The van der Waals surface area contributed by atoms with Crippen LogP contribution in [0.2, 0.25) is 0 Å². The van der Waals surface area contributed by atoms with Crippen molar-refractivity contribution in [3.05, 3.63) is 77.4 Å². The Balaban J connectivity index is 1.47. The first-order valence-corrected chi connectivity index (χ1v) is 10.6. The van der Waals surface area contributed by atoms with Crippen LogP contribution in [0.15, 0.2) is 60.7 Å². The number of nitrogens with zero attached hydrogens (tertiary/aromatic N) is 1. The third-order valence-electron chi connectivity index (χ3n) is 5.60. The van der Waals surface area contributed by atoms with Gasteiger partial charge in [0, 0.05) is 11.3 Å². The van der Waals surface area contributed by atoms with Gasteiger partial charge >= 0.3 is 5.97 Å². The standard InChI is InChI=1S/C26H25N3O4/c1-15-6-5-7-21(16(15)2)29-25(30)17(3)33-26(31)19-10-13-22-23(14-19)28-24(27-22)18-8-11-20(32-4)12-9-18/h5-14,17H,1-4H3,(H,27,28)(H,29,30). The second kappa shape index (κ2) is 9.16. The van der Waals surface area contributed by atoms with E-state index >= 15 is 0 Å². The molecule has 33 heavy (non-hydrogen) atoms. The normalized spacial score (nSPS) is 11.8. The van der Waals surface area contributed by atoms with E-state index in [1.54, 1.807) is 32.2 Å². The molecule has 0 aliphatic carbocycles. The van der Waals surface area contributed by atoms with Crippen molar-refractivity contribution in [2.75, 3.05) is 12.4 Å². The number of rotatable bonds is 6. The number of nitrogens with one attached hydrogen (secondary N) is 2. The van der Waals surface area contributed by atoms with E-state index in [0.29, 0.717) is 22.6 Å². The second-order valence-electron chi connectivity index (χ2n) is 7.83. The number of H-pyrrole nitrogens is 1. The summed E-state index contributed by atoms with van der Waals surface area (Å²) in [7, 11) is 1.62. The molecule has 1 atom stereocenters. The average molecular weight is 444 g/mol. The van der Waals surface area contributed by atoms with Gasteiger partial charge in [0.2, 0.25) is 0 Å². The molecule has 2 N–H and O–H groups in total. The number of aromatic nitrogens is 2. The Kier molecular flexibility index (Phi) is 6.13. The molecule has 0 fully saturated rings. The van der Waals surface area contributed by atoms with E-state index in [2.05, 4.69) is 15.3 Å². The Morgan fingerprint density at radius 2 is 1.79 bits per heavy atom. The summed E-state index contributed by atoms with van der Waals surface area (Å²) in [4.78, 5) is 33.0. The van der Waals surface area contributed by atoms with E-state index in [9.17, 15) is 9.59 Å². The number of anilines is 1. The number of hydrogen-bond donors (Lipinski definition) is 2. The summed E-state index contributed by atoms with van der Waals surface area (Å²) in [5.74, 6) is 0.470. The van der Waals surface area contributed by atoms with Crippen LogP contribution in [0.4, 0.5) is 5.69 Å². The van der Waals surface area contributed by atoms with Gasteiger partial charge in [0.05, 0.1) is 23.7 Å². The highest BCUT2D eigenvalue weighted by atomic mass is 16.5. The molecule has 1 unspecified atom stereocenters. The smallest absolute Gasteiger partial charge is 0.338 e. The largest absolute Gasteiger partial charge is 0.497 e. The summed E-state index contributed by atoms with van der Waals surface area (Å²) in [5.41, 5.74) is 5.39. The summed E-state index contributed by atoms with van der Waals surface area (Å²) in [5, 5.41) is 2.83. The van der Waals surface area contributed by atoms with Crippen molar-refractivity contribution in [1.29, 1.82) is 0 Å². The molecular formula is C26H25N3O4. The molecule has 168 valence electrons. The topological polar surface area (TPSA) is 93.3 Å². The molecule has 1 amide bonds. The first-order valence-electron chi connectivity index (χ1n) is 10.6. The van der Waals surface area contributed by atoms with Gasteiger partial charge in [0.1, 0.15) is 11.6 Å². The van der Waals surface area contributed by atoms with E-state index in [1.165, 1.54) is 0 Å². The van der Waals surface area contributed by atoms with Crippen molar-refractivity contribution in [3.63, 3.8) is 0 Å². The molecular weight excluding hydrogens is 418 g/mol. The number of ether oxygens (including phenoxy) is 2. The second-order valence-corrected chi connectivity index (χ2v) is 7.83. The lowest BCUT2D eigenvalue weighted by Gasteiger charge is -2.15. The molecule has 4 aromatic rings. The zero-order chi connectivity index (χ0) is 23.5. The van der Waals surface area contributed by atoms with Gasteiger partial charge in [-0.3, -0.25) is 4.79 Å². The van der Waals surface area contributed by atoms with Crippen LogP contribution in [0.3, 0.4) is 0 Å². The number of aromatic amines is 1. The van der Waals surface area contributed by atoms with Crippen molar-refractivity contribution in [2.45, 2.75) is 26.9 Å². The average Bonchev–Trinajstić information content (AvgIpc) is 3.25. The van der Waals surface area contributed by atoms with Crippen LogP contribution in [-0.2, 0) is 9.53 Å². The fourth-order valence-corrected chi connectivity index (χ4v) is 3.43. The molecule has 0 aliphatic heterocycles. The Morgan fingerprint density at radius 1 is 1.03 bits per heavy atom. The molecule has 0 aliphatic rings. The zero-order valence-corrected chi connectivity index (χ0v) is 18.9. The van der Waals surface area contributed by atoms with Crippen molar-refractivity contribution in [1.82, 2.24) is 9.97 Å². The molecule has 0 saturated carbocycles. The third-order valence-corrected chi connectivity index (χ3v) is 5.60. The van der Waals surface area contributed by atoms with Crippen LogP contribution in [0.1, 0.15) is 28.4 Å². The van der Waals surface area contributed by atoms with Crippen LogP contribution < -0.4 is 10.1 Å². The molecule has 7 heteroatoms.